The van der Waals surface area contributed by atoms with Crippen LogP contribution in [0.25, 0.3) is 0 Å². The molecule has 0 saturated heterocycles. The molecule has 1 aromatic rings. The van der Waals surface area contributed by atoms with Gasteiger partial charge in [-0.3, -0.25) is 4.79 Å². The topological polar surface area (TPSA) is 41.1 Å². The Kier molecular flexibility index (Phi) is 5.20. The third kappa shape index (κ3) is 5.19. The highest BCUT2D eigenvalue weighted by molar-refractivity contribution is 9.10. The van der Waals surface area contributed by atoms with Crippen LogP contribution in [-0.4, -0.2) is 25.5 Å². The number of amides is 1. The molecule has 0 radical (unpaired) electrons. The Balaban J connectivity index is 1.56. The molecule has 1 aromatic carbocycles. The van der Waals surface area contributed by atoms with Crippen LogP contribution >= 0.6 is 15.9 Å². The van der Waals surface area contributed by atoms with E-state index >= 15 is 0 Å². The van der Waals surface area contributed by atoms with Gasteiger partial charge >= 0.3 is 0 Å². The summed E-state index contributed by atoms with van der Waals surface area (Å²) in [5.74, 6) is 0.910. The summed E-state index contributed by atoms with van der Waals surface area (Å²) in [7, 11) is 0. The lowest BCUT2D eigenvalue weighted by atomic mass is 10.1. The van der Waals surface area contributed by atoms with Crippen molar-refractivity contribution in [3.63, 3.8) is 0 Å². The number of nitrogens with one attached hydrogen (secondary N) is 2. The van der Waals surface area contributed by atoms with Crippen LogP contribution in [0.3, 0.4) is 0 Å². The van der Waals surface area contributed by atoms with Crippen LogP contribution in [0.2, 0.25) is 0 Å². The van der Waals surface area contributed by atoms with E-state index in [9.17, 15) is 4.79 Å². The molecule has 1 fully saturated rings. The Morgan fingerprint density at radius 2 is 2.00 bits per heavy atom. The molecule has 1 amide bonds. The van der Waals surface area contributed by atoms with Gasteiger partial charge in [-0.05, 0) is 49.4 Å². The van der Waals surface area contributed by atoms with Gasteiger partial charge in [0.15, 0.2) is 0 Å². The number of hydrogen-bond acceptors (Lipinski definition) is 2. The van der Waals surface area contributed by atoms with Crippen molar-refractivity contribution in [3.8, 4) is 0 Å². The molecule has 0 unspecified atom stereocenters. The van der Waals surface area contributed by atoms with Gasteiger partial charge in [0.25, 0.3) is 0 Å². The molecule has 1 aliphatic carbocycles. The molecule has 2 N–H and O–H groups in total. The molecule has 1 aliphatic rings. The van der Waals surface area contributed by atoms with Gasteiger partial charge in [0, 0.05) is 11.0 Å². The van der Waals surface area contributed by atoms with Crippen molar-refractivity contribution >= 4 is 21.8 Å². The van der Waals surface area contributed by atoms with E-state index in [-0.39, 0.29) is 5.91 Å². The fourth-order valence-corrected chi connectivity index (χ4v) is 2.04. The summed E-state index contributed by atoms with van der Waals surface area (Å²) >= 11 is 3.40. The van der Waals surface area contributed by atoms with E-state index in [0.29, 0.717) is 13.1 Å². The first-order valence-corrected chi connectivity index (χ1v) is 7.25. The number of halogens is 1. The fourth-order valence-electron chi connectivity index (χ4n) is 1.77. The van der Waals surface area contributed by atoms with Crippen LogP contribution in [0.4, 0.5) is 0 Å². The van der Waals surface area contributed by atoms with Crippen molar-refractivity contribution in [3.05, 3.63) is 34.3 Å². The molecule has 0 spiro atoms. The molecular formula is C14H19BrN2O. The first-order valence-electron chi connectivity index (χ1n) is 6.46. The number of carbonyl (C=O) groups excluding carboxylic acids is 1. The molecule has 0 heterocycles. The van der Waals surface area contributed by atoms with Crippen molar-refractivity contribution in [1.29, 1.82) is 0 Å². The van der Waals surface area contributed by atoms with Gasteiger partial charge in [-0.2, -0.15) is 0 Å². The Morgan fingerprint density at radius 1 is 1.28 bits per heavy atom. The number of hydrogen-bond donors (Lipinski definition) is 2. The SMILES string of the molecule is O=C(CNCC1CC1)NCCc1ccc(Br)cc1. The predicted octanol–water partition coefficient (Wildman–Crippen LogP) is 2.11. The Hall–Kier alpha value is -0.870. The molecule has 1 saturated carbocycles. The lowest BCUT2D eigenvalue weighted by Gasteiger charge is -2.06. The Labute approximate surface area is 116 Å². The molecule has 0 bridgehead atoms. The van der Waals surface area contributed by atoms with Gasteiger partial charge in [0.05, 0.1) is 6.54 Å². The quantitative estimate of drug-likeness (QED) is 0.810. The molecular weight excluding hydrogens is 292 g/mol. The van der Waals surface area contributed by atoms with Crippen LogP contribution in [0.5, 0.6) is 0 Å². The number of rotatable bonds is 7. The molecule has 0 aliphatic heterocycles. The lowest BCUT2D eigenvalue weighted by Crippen LogP contribution is -2.35. The minimum absolute atomic E-state index is 0.0905. The zero-order valence-electron chi connectivity index (χ0n) is 10.4. The second kappa shape index (κ2) is 6.90. The van der Waals surface area contributed by atoms with Crippen molar-refractivity contribution < 1.29 is 4.79 Å². The van der Waals surface area contributed by atoms with Crippen molar-refractivity contribution in [2.75, 3.05) is 19.6 Å². The molecule has 2 rings (SSSR count). The van der Waals surface area contributed by atoms with Gasteiger partial charge in [0.1, 0.15) is 0 Å². The lowest BCUT2D eigenvalue weighted by molar-refractivity contribution is -0.120. The zero-order valence-corrected chi connectivity index (χ0v) is 12.0. The smallest absolute Gasteiger partial charge is 0.233 e. The van der Waals surface area contributed by atoms with E-state index in [1.807, 2.05) is 12.1 Å². The third-order valence-electron chi connectivity index (χ3n) is 3.06. The Bertz CT molecular complexity index is 387. The van der Waals surface area contributed by atoms with E-state index < -0.39 is 0 Å². The molecule has 0 atom stereocenters. The minimum atomic E-state index is 0.0905. The zero-order chi connectivity index (χ0) is 12.8. The van der Waals surface area contributed by atoms with E-state index in [1.165, 1.54) is 18.4 Å². The number of benzene rings is 1. The highest BCUT2D eigenvalue weighted by Gasteiger charge is 2.20. The average molecular weight is 311 g/mol. The second-order valence-corrected chi connectivity index (χ2v) is 5.72. The van der Waals surface area contributed by atoms with Gasteiger partial charge in [-0.15, -0.1) is 0 Å². The van der Waals surface area contributed by atoms with E-state index in [4.69, 9.17) is 0 Å². The van der Waals surface area contributed by atoms with Gasteiger partial charge in [0.2, 0.25) is 5.91 Å². The summed E-state index contributed by atoms with van der Waals surface area (Å²) in [6.45, 7) is 2.13. The van der Waals surface area contributed by atoms with Gasteiger partial charge in [-0.25, -0.2) is 0 Å². The van der Waals surface area contributed by atoms with E-state index in [1.54, 1.807) is 0 Å². The van der Waals surface area contributed by atoms with Crippen molar-refractivity contribution in [2.45, 2.75) is 19.3 Å². The monoisotopic (exact) mass is 310 g/mol. The normalized spacial score (nSPS) is 14.5. The fraction of sp³-hybridized carbons (Fsp3) is 0.500. The van der Waals surface area contributed by atoms with Crippen molar-refractivity contribution in [2.24, 2.45) is 5.92 Å². The molecule has 98 valence electrons. The maximum absolute atomic E-state index is 11.5. The van der Waals surface area contributed by atoms with Crippen LogP contribution < -0.4 is 10.6 Å². The maximum atomic E-state index is 11.5. The molecule has 0 aromatic heterocycles. The summed E-state index contributed by atoms with van der Waals surface area (Å²) in [5.41, 5.74) is 1.24. The van der Waals surface area contributed by atoms with Gasteiger partial charge < -0.3 is 10.6 Å². The van der Waals surface area contributed by atoms with Crippen LogP contribution in [-0.2, 0) is 11.2 Å². The second-order valence-electron chi connectivity index (χ2n) is 4.80. The minimum Gasteiger partial charge on any atom is -0.355 e. The maximum Gasteiger partial charge on any atom is 0.233 e. The highest BCUT2D eigenvalue weighted by atomic mass is 79.9. The largest absolute Gasteiger partial charge is 0.355 e. The summed E-state index contributed by atoms with van der Waals surface area (Å²) in [5, 5.41) is 6.11. The van der Waals surface area contributed by atoms with Crippen molar-refractivity contribution in [1.82, 2.24) is 10.6 Å². The Morgan fingerprint density at radius 3 is 2.67 bits per heavy atom. The van der Waals surface area contributed by atoms with Crippen LogP contribution in [0.15, 0.2) is 28.7 Å². The molecule has 4 heteroatoms. The third-order valence-corrected chi connectivity index (χ3v) is 3.59. The molecule has 3 nitrogen and oxygen atoms in total. The van der Waals surface area contributed by atoms with Crippen LogP contribution in [0, 0.1) is 5.92 Å². The summed E-state index contributed by atoms with van der Waals surface area (Å²) < 4.78 is 1.08. The molecule has 18 heavy (non-hydrogen) atoms. The first kappa shape index (κ1) is 13.6. The van der Waals surface area contributed by atoms with E-state index in [0.717, 1.165) is 23.4 Å². The predicted molar refractivity (Wildman–Crippen MR) is 76.4 cm³/mol. The van der Waals surface area contributed by atoms with Crippen LogP contribution in [0.1, 0.15) is 18.4 Å². The van der Waals surface area contributed by atoms with E-state index in [2.05, 4.69) is 38.7 Å². The average Bonchev–Trinajstić information content (AvgIpc) is 3.16. The summed E-state index contributed by atoms with van der Waals surface area (Å²) in [6.07, 6.45) is 3.51. The summed E-state index contributed by atoms with van der Waals surface area (Å²) in [4.78, 5) is 11.5. The standard InChI is InChI=1S/C14H19BrN2O/c15-13-5-3-11(4-6-13)7-8-17-14(18)10-16-9-12-1-2-12/h3-6,12,16H,1-2,7-10H2,(H,17,18). The number of carbonyl (C=O) groups is 1. The van der Waals surface area contributed by atoms with Gasteiger partial charge in [-0.1, -0.05) is 28.1 Å². The first-order chi connectivity index (χ1) is 8.74. The summed E-state index contributed by atoms with van der Waals surface area (Å²) in [6, 6.07) is 8.19. The highest BCUT2D eigenvalue weighted by Crippen LogP contribution is 2.27.